The summed E-state index contributed by atoms with van der Waals surface area (Å²) in [6.07, 6.45) is 0. The number of carbonyl (C=O) groups excluding carboxylic acids is 1. The van der Waals surface area contributed by atoms with Gasteiger partial charge in [0.15, 0.2) is 0 Å². The molecule has 1 aromatic carbocycles. The minimum Gasteiger partial charge on any atom is -0.306 e. The van der Waals surface area contributed by atoms with E-state index in [9.17, 15) is 4.79 Å². The number of benzene rings is 1. The van der Waals surface area contributed by atoms with Crippen molar-refractivity contribution in [1.82, 2.24) is 5.32 Å². The highest BCUT2D eigenvalue weighted by Crippen LogP contribution is 2.10. The molecule has 70 valence electrons. The fraction of sp³-hybridized carbons (Fsp3) is 0.300. The number of nitrogens with one attached hydrogen (secondary N) is 1. The number of hydrogen-bond donors (Lipinski definition) is 1. The molecule has 0 unspecified atom stereocenters. The van der Waals surface area contributed by atoms with Crippen molar-refractivity contribution in [3.05, 3.63) is 34.3 Å². The molecule has 0 saturated carbocycles. The van der Waals surface area contributed by atoms with Crippen LogP contribution in [-0.2, 0) is 11.3 Å². The standard InChI is InChI=1S/C10H12BrNO/c1-8(13)6-12-7-9-3-2-4-10(11)5-9/h2-5,12H,6-7H2,1H3. The lowest BCUT2D eigenvalue weighted by Crippen LogP contribution is -2.20. The molecule has 0 bridgehead atoms. The first kappa shape index (κ1) is 10.4. The average Bonchev–Trinajstić information content (AvgIpc) is 2.03. The number of carbonyl (C=O) groups is 1. The number of ketones is 1. The van der Waals surface area contributed by atoms with Gasteiger partial charge in [0.2, 0.25) is 0 Å². The predicted octanol–water partition coefficient (Wildman–Crippen LogP) is 2.13. The fourth-order valence-corrected chi connectivity index (χ4v) is 1.48. The van der Waals surface area contributed by atoms with Gasteiger partial charge in [-0.3, -0.25) is 4.79 Å². The lowest BCUT2D eigenvalue weighted by atomic mass is 10.2. The van der Waals surface area contributed by atoms with Crippen molar-refractivity contribution in [2.75, 3.05) is 6.54 Å². The molecule has 0 fully saturated rings. The average molecular weight is 242 g/mol. The van der Waals surface area contributed by atoms with Crippen molar-refractivity contribution in [3.8, 4) is 0 Å². The van der Waals surface area contributed by atoms with Gasteiger partial charge >= 0.3 is 0 Å². The highest BCUT2D eigenvalue weighted by molar-refractivity contribution is 9.10. The van der Waals surface area contributed by atoms with E-state index in [0.717, 1.165) is 11.0 Å². The monoisotopic (exact) mass is 241 g/mol. The van der Waals surface area contributed by atoms with Crippen molar-refractivity contribution >= 4 is 21.7 Å². The molecule has 1 rings (SSSR count). The Morgan fingerprint density at radius 2 is 2.31 bits per heavy atom. The summed E-state index contributed by atoms with van der Waals surface area (Å²) in [6, 6.07) is 8.02. The second-order valence-corrected chi connectivity index (χ2v) is 3.85. The molecule has 0 atom stereocenters. The van der Waals surface area contributed by atoms with Crippen LogP contribution in [0.3, 0.4) is 0 Å². The lowest BCUT2D eigenvalue weighted by Gasteiger charge is -2.02. The smallest absolute Gasteiger partial charge is 0.143 e. The van der Waals surface area contributed by atoms with E-state index in [0.29, 0.717) is 6.54 Å². The second kappa shape index (κ2) is 5.14. The molecule has 0 aromatic heterocycles. The minimum atomic E-state index is 0.162. The molecule has 0 aliphatic carbocycles. The van der Waals surface area contributed by atoms with Crippen LogP contribution in [0.2, 0.25) is 0 Å². The second-order valence-electron chi connectivity index (χ2n) is 2.94. The van der Waals surface area contributed by atoms with Gasteiger partial charge in [0.1, 0.15) is 5.78 Å². The van der Waals surface area contributed by atoms with E-state index >= 15 is 0 Å². The van der Waals surface area contributed by atoms with Crippen LogP contribution in [0.5, 0.6) is 0 Å². The Morgan fingerprint density at radius 1 is 1.54 bits per heavy atom. The van der Waals surface area contributed by atoms with E-state index in [1.54, 1.807) is 6.92 Å². The van der Waals surface area contributed by atoms with E-state index in [1.807, 2.05) is 24.3 Å². The molecule has 2 nitrogen and oxygen atoms in total. The van der Waals surface area contributed by atoms with E-state index in [4.69, 9.17) is 0 Å². The van der Waals surface area contributed by atoms with Crippen LogP contribution in [0, 0.1) is 0 Å². The molecule has 13 heavy (non-hydrogen) atoms. The highest BCUT2D eigenvalue weighted by atomic mass is 79.9. The molecule has 0 aliphatic rings. The van der Waals surface area contributed by atoms with Crippen molar-refractivity contribution in [2.24, 2.45) is 0 Å². The summed E-state index contributed by atoms with van der Waals surface area (Å²) in [5, 5.41) is 3.06. The Balaban J connectivity index is 2.41. The van der Waals surface area contributed by atoms with Crippen LogP contribution in [-0.4, -0.2) is 12.3 Å². The summed E-state index contributed by atoms with van der Waals surface area (Å²) in [4.78, 5) is 10.6. The molecule has 3 heteroatoms. The van der Waals surface area contributed by atoms with Crippen molar-refractivity contribution < 1.29 is 4.79 Å². The Bertz CT molecular complexity index is 299. The summed E-state index contributed by atoms with van der Waals surface area (Å²) < 4.78 is 1.06. The fourth-order valence-electron chi connectivity index (χ4n) is 1.03. The van der Waals surface area contributed by atoms with Crippen LogP contribution < -0.4 is 5.32 Å². The summed E-state index contributed by atoms with van der Waals surface area (Å²) in [6.45, 7) is 2.75. The molecule has 1 N–H and O–H groups in total. The molecule has 0 saturated heterocycles. The number of rotatable bonds is 4. The van der Waals surface area contributed by atoms with Crippen molar-refractivity contribution in [3.63, 3.8) is 0 Å². The zero-order valence-corrected chi connectivity index (χ0v) is 9.10. The van der Waals surface area contributed by atoms with Crippen LogP contribution >= 0.6 is 15.9 Å². The largest absolute Gasteiger partial charge is 0.306 e. The summed E-state index contributed by atoms with van der Waals surface area (Å²) >= 11 is 3.39. The van der Waals surface area contributed by atoms with E-state index in [1.165, 1.54) is 5.56 Å². The maximum absolute atomic E-state index is 10.6. The summed E-state index contributed by atoms with van der Waals surface area (Å²) in [5.41, 5.74) is 1.18. The Kier molecular flexibility index (Phi) is 4.12. The normalized spacial score (nSPS) is 10.0. The number of Topliss-reactive ketones (excluding diaryl/α,β-unsaturated/α-hetero) is 1. The Morgan fingerprint density at radius 3 is 2.92 bits per heavy atom. The predicted molar refractivity (Wildman–Crippen MR) is 56.5 cm³/mol. The lowest BCUT2D eigenvalue weighted by molar-refractivity contribution is -0.116. The SMILES string of the molecule is CC(=O)CNCc1cccc(Br)c1. The van der Waals surface area contributed by atoms with E-state index in [2.05, 4.69) is 21.2 Å². The number of halogens is 1. The third-order valence-corrected chi connectivity index (χ3v) is 2.09. The van der Waals surface area contributed by atoms with Crippen molar-refractivity contribution in [2.45, 2.75) is 13.5 Å². The van der Waals surface area contributed by atoms with Gasteiger partial charge in [0, 0.05) is 11.0 Å². The third-order valence-electron chi connectivity index (χ3n) is 1.59. The highest BCUT2D eigenvalue weighted by Gasteiger charge is 1.94. The van der Waals surface area contributed by atoms with Crippen LogP contribution in [0.4, 0.5) is 0 Å². The van der Waals surface area contributed by atoms with E-state index in [-0.39, 0.29) is 5.78 Å². The van der Waals surface area contributed by atoms with E-state index < -0.39 is 0 Å². The van der Waals surface area contributed by atoms with Gasteiger partial charge in [-0.15, -0.1) is 0 Å². The zero-order chi connectivity index (χ0) is 9.68. The Hall–Kier alpha value is -0.670. The van der Waals surface area contributed by atoms with Gasteiger partial charge in [-0.2, -0.15) is 0 Å². The molecular weight excluding hydrogens is 230 g/mol. The van der Waals surface area contributed by atoms with Gasteiger partial charge < -0.3 is 5.32 Å². The van der Waals surface area contributed by atoms with Gasteiger partial charge in [0.05, 0.1) is 6.54 Å². The third kappa shape index (κ3) is 4.20. The van der Waals surface area contributed by atoms with Crippen LogP contribution in [0.1, 0.15) is 12.5 Å². The molecule has 0 amide bonds. The summed E-state index contributed by atoms with van der Waals surface area (Å²) in [5.74, 6) is 0.162. The minimum absolute atomic E-state index is 0.162. The first-order chi connectivity index (χ1) is 6.18. The van der Waals surface area contributed by atoms with Crippen LogP contribution in [0.25, 0.3) is 0 Å². The van der Waals surface area contributed by atoms with Crippen molar-refractivity contribution in [1.29, 1.82) is 0 Å². The number of hydrogen-bond acceptors (Lipinski definition) is 2. The van der Waals surface area contributed by atoms with Gasteiger partial charge in [0.25, 0.3) is 0 Å². The van der Waals surface area contributed by atoms with Gasteiger partial charge in [-0.1, -0.05) is 28.1 Å². The molecule has 0 radical (unpaired) electrons. The molecular formula is C10H12BrNO. The van der Waals surface area contributed by atoms with Gasteiger partial charge in [-0.25, -0.2) is 0 Å². The molecule has 0 heterocycles. The molecule has 1 aromatic rings. The maximum Gasteiger partial charge on any atom is 0.143 e. The summed E-state index contributed by atoms with van der Waals surface area (Å²) in [7, 11) is 0. The first-order valence-corrected chi connectivity index (χ1v) is 4.92. The Labute approximate surface area is 86.5 Å². The van der Waals surface area contributed by atoms with Crippen LogP contribution in [0.15, 0.2) is 28.7 Å². The maximum atomic E-state index is 10.6. The molecule has 0 aliphatic heterocycles. The quantitative estimate of drug-likeness (QED) is 0.876. The molecule has 0 spiro atoms. The zero-order valence-electron chi connectivity index (χ0n) is 7.51. The van der Waals surface area contributed by atoms with Gasteiger partial charge in [-0.05, 0) is 24.6 Å². The first-order valence-electron chi connectivity index (χ1n) is 4.13. The topological polar surface area (TPSA) is 29.1 Å².